The molecule has 2 heterocycles. The zero-order valence-corrected chi connectivity index (χ0v) is 8.68. The molecule has 2 rings (SSSR count). The maximum absolute atomic E-state index is 11.5. The van der Waals surface area contributed by atoms with Crippen LogP contribution >= 0.6 is 0 Å². The number of nitrogens with zero attached hydrogens (tertiary/aromatic N) is 1. The van der Waals surface area contributed by atoms with Crippen molar-refractivity contribution < 1.29 is 20.1 Å². The third-order valence-corrected chi connectivity index (χ3v) is 2.62. The molecule has 1 saturated heterocycles. The van der Waals surface area contributed by atoms with Crippen molar-refractivity contribution in [2.75, 3.05) is 6.61 Å². The third-order valence-electron chi connectivity index (χ3n) is 2.62. The van der Waals surface area contributed by atoms with E-state index in [1.807, 2.05) is 0 Å². The Balaban J connectivity index is 2.41. The average molecular weight is 244 g/mol. The van der Waals surface area contributed by atoms with Crippen LogP contribution in [0.1, 0.15) is 6.23 Å². The summed E-state index contributed by atoms with van der Waals surface area (Å²) in [4.78, 5) is 25.2. The first-order chi connectivity index (χ1) is 8.02. The molecule has 4 N–H and O–H groups in total. The van der Waals surface area contributed by atoms with Crippen molar-refractivity contribution in [3.63, 3.8) is 0 Å². The van der Waals surface area contributed by atoms with E-state index in [4.69, 9.17) is 4.74 Å². The van der Waals surface area contributed by atoms with Gasteiger partial charge in [0.05, 0.1) is 6.61 Å². The van der Waals surface area contributed by atoms with Gasteiger partial charge in [0.2, 0.25) is 0 Å². The molecular formula is C9H12N2O6. The second-order valence-electron chi connectivity index (χ2n) is 3.76. The van der Waals surface area contributed by atoms with Crippen LogP contribution in [-0.4, -0.2) is 49.8 Å². The Hall–Kier alpha value is -1.48. The van der Waals surface area contributed by atoms with Crippen LogP contribution in [0.2, 0.25) is 0 Å². The van der Waals surface area contributed by atoms with E-state index in [1.165, 1.54) is 6.20 Å². The fourth-order valence-corrected chi connectivity index (χ4v) is 1.69. The smallest absolute Gasteiger partial charge is 0.330 e. The highest BCUT2D eigenvalue weighted by molar-refractivity contribution is 4.90. The van der Waals surface area contributed by atoms with E-state index in [0.29, 0.717) is 4.57 Å². The van der Waals surface area contributed by atoms with Gasteiger partial charge in [-0.25, -0.2) is 9.36 Å². The molecule has 94 valence electrons. The number of nitrogens with one attached hydrogen (secondary N) is 1. The van der Waals surface area contributed by atoms with Crippen molar-refractivity contribution in [3.8, 4) is 0 Å². The van der Waals surface area contributed by atoms with Crippen molar-refractivity contribution in [1.82, 2.24) is 9.55 Å². The molecule has 1 aromatic rings. The molecule has 17 heavy (non-hydrogen) atoms. The Labute approximate surface area is 94.7 Å². The predicted octanol–water partition coefficient (Wildman–Crippen LogP) is -2.85. The summed E-state index contributed by atoms with van der Waals surface area (Å²) in [5.74, 6) is 0. The van der Waals surface area contributed by atoms with Crippen LogP contribution in [0, 0.1) is 0 Å². The van der Waals surface area contributed by atoms with Gasteiger partial charge in [0, 0.05) is 12.3 Å². The number of aliphatic hydroxyl groups is 3. The van der Waals surface area contributed by atoms with Gasteiger partial charge >= 0.3 is 5.69 Å². The lowest BCUT2D eigenvalue weighted by Crippen LogP contribution is -2.54. The van der Waals surface area contributed by atoms with Crippen LogP contribution in [0.25, 0.3) is 0 Å². The van der Waals surface area contributed by atoms with Gasteiger partial charge < -0.3 is 25.0 Å². The SMILES string of the molecule is O=c1cc[nH]c(=O)n1[C@H]1OC[C@@H](O)[C@@H](O)[C@@H]1O. The van der Waals surface area contributed by atoms with Crippen molar-refractivity contribution >= 4 is 0 Å². The second kappa shape index (κ2) is 4.41. The van der Waals surface area contributed by atoms with Gasteiger partial charge in [0.25, 0.3) is 5.56 Å². The molecular weight excluding hydrogens is 232 g/mol. The number of aromatic amines is 1. The molecule has 8 nitrogen and oxygen atoms in total. The van der Waals surface area contributed by atoms with E-state index in [-0.39, 0.29) is 6.61 Å². The summed E-state index contributed by atoms with van der Waals surface area (Å²) in [6.45, 7) is -0.274. The first-order valence-electron chi connectivity index (χ1n) is 4.98. The second-order valence-corrected chi connectivity index (χ2v) is 3.76. The Morgan fingerprint density at radius 3 is 2.65 bits per heavy atom. The molecule has 0 aromatic carbocycles. The number of H-pyrrole nitrogens is 1. The Morgan fingerprint density at radius 1 is 1.29 bits per heavy atom. The van der Waals surface area contributed by atoms with Crippen LogP contribution < -0.4 is 11.2 Å². The highest BCUT2D eigenvalue weighted by Crippen LogP contribution is 2.21. The first kappa shape index (κ1) is 12.0. The molecule has 0 aliphatic carbocycles. The summed E-state index contributed by atoms with van der Waals surface area (Å²) in [6.07, 6.45) is -4.42. The molecule has 4 atom stereocenters. The summed E-state index contributed by atoms with van der Waals surface area (Å²) >= 11 is 0. The highest BCUT2D eigenvalue weighted by atomic mass is 16.5. The largest absolute Gasteiger partial charge is 0.388 e. The van der Waals surface area contributed by atoms with Gasteiger partial charge in [-0.15, -0.1) is 0 Å². The summed E-state index contributed by atoms with van der Waals surface area (Å²) in [5, 5.41) is 28.4. The molecule has 0 bridgehead atoms. The maximum atomic E-state index is 11.5. The Kier molecular flexibility index (Phi) is 3.11. The fourth-order valence-electron chi connectivity index (χ4n) is 1.69. The minimum absolute atomic E-state index is 0.274. The van der Waals surface area contributed by atoms with Crippen LogP contribution in [0.5, 0.6) is 0 Å². The Morgan fingerprint density at radius 2 is 2.00 bits per heavy atom. The molecule has 1 fully saturated rings. The van der Waals surface area contributed by atoms with Crippen molar-refractivity contribution in [1.29, 1.82) is 0 Å². The summed E-state index contributed by atoms with van der Waals surface area (Å²) in [5.41, 5.74) is -1.42. The summed E-state index contributed by atoms with van der Waals surface area (Å²) in [7, 11) is 0. The lowest BCUT2D eigenvalue weighted by Gasteiger charge is -2.35. The zero-order chi connectivity index (χ0) is 12.6. The van der Waals surface area contributed by atoms with E-state index in [2.05, 4.69) is 4.98 Å². The molecule has 1 aliphatic rings. The van der Waals surface area contributed by atoms with E-state index in [1.54, 1.807) is 0 Å². The number of hydrogen-bond acceptors (Lipinski definition) is 6. The molecule has 1 aromatic heterocycles. The molecule has 1 aliphatic heterocycles. The fraction of sp³-hybridized carbons (Fsp3) is 0.556. The molecule has 0 spiro atoms. The molecule has 0 radical (unpaired) electrons. The number of aromatic nitrogens is 2. The van der Waals surface area contributed by atoms with Crippen LogP contribution in [0.15, 0.2) is 21.9 Å². The van der Waals surface area contributed by atoms with E-state index < -0.39 is 35.8 Å². The topological polar surface area (TPSA) is 125 Å². The number of ether oxygens (including phenoxy) is 1. The minimum Gasteiger partial charge on any atom is -0.388 e. The van der Waals surface area contributed by atoms with Gasteiger partial charge in [-0.1, -0.05) is 0 Å². The van der Waals surface area contributed by atoms with Gasteiger partial charge in [0.15, 0.2) is 6.23 Å². The van der Waals surface area contributed by atoms with Crippen molar-refractivity contribution in [2.24, 2.45) is 0 Å². The number of aliphatic hydroxyl groups excluding tert-OH is 3. The number of rotatable bonds is 1. The van der Waals surface area contributed by atoms with E-state index in [9.17, 15) is 24.9 Å². The molecule has 8 heteroatoms. The normalized spacial score (nSPS) is 33.6. The maximum Gasteiger partial charge on any atom is 0.330 e. The van der Waals surface area contributed by atoms with Crippen LogP contribution in [0.3, 0.4) is 0 Å². The monoisotopic (exact) mass is 244 g/mol. The molecule has 0 unspecified atom stereocenters. The minimum atomic E-state index is -1.56. The quantitative estimate of drug-likeness (QED) is 0.421. The lowest BCUT2D eigenvalue weighted by atomic mass is 10.0. The van der Waals surface area contributed by atoms with Gasteiger partial charge in [0.1, 0.15) is 18.3 Å². The van der Waals surface area contributed by atoms with Crippen LogP contribution in [-0.2, 0) is 4.74 Å². The highest BCUT2D eigenvalue weighted by Gasteiger charge is 2.39. The first-order valence-corrected chi connectivity index (χ1v) is 4.98. The van der Waals surface area contributed by atoms with Gasteiger partial charge in [-0.2, -0.15) is 0 Å². The van der Waals surface area contributed by atoms with Gasteiger partial charge in [-0.05, 0) is 0 Å². The molecule has 0 amide bonds. The van der Waals surface area contributed by atoms with Gasteiger partial charge in [-0.3, -0.25) is 4.79 Å². The van der Waals surface area contributed by atoms with E-state index in [0.717, 1.165) is 6.07 Å². The lowest BCUT2D eigenvalue weighted by molar-refractivity contribution is -0.212. The standard InChI is InChI=1S/C9H12N2O6/c12-4-3-17-8(7(15)6(4)14)11-5(13)1-2-10-9(11)16/h1-2,4,6-8,12,14-15H,3H2,(H,10,16)/t4-,6-,7+,8+/m1/s1. The molecule has 0 saturated carbocycles. The third kappa shape index (κ3) is 2.03. The van der Waals surface area contributed by atoms with Crippen molar-refractivity contribution in [2.45, 2.75) is 24.5 Å². The summed E-state index contributed by atoms with van der Waals surface area (Å²) < 4.78 is 5.66. The number of hydrogen-bond donors (Lipinski definition) is 4. The average Bonchev–Trinajstić information content (AvgIpc) is 2.29. The predicted molar refractivity (Wildman–Crippen MR) is 54.3 cm³/mol. The van der Waals surface area contributed by atoms with E-state index >= 15 is 0 Å². The zero-order valence-electron chi connectivity index (χ0n) is 8.68. The summed E-state index contributed by atoms with van der Waals surface area (Å²) in [6, 6.07) is 1.09. The Bertz CT molecular complexity index is 480. The van der Waals surface area contributed by atoms with Crippen molar-refractivity contribution in [3.05, 3.63) is 33.1 Å². The van der Waals surface area contributed by atoms with Crippen LogP contribution in [0.4, 0.5) is 0 Å².